The number of hydrogen-bond acceptors (Lipinski definition) is 4. The first-order valence-electron chi connectivity index (χ1n) is 6.88. The van der Waals surface area contributed by atoms with Crippen LogP contribution in [0.15, 0.2) is 60.8 Å². The van der Waals surface area contributed by atoms with Gasteiger partial charge in [0.2, 0.25) is 0 Å². The summed E-state index contributed by atoms with van der Waals surface area (Å²) < 4.78 is 0. The lowest BCUT2D eigenvalue weighted by molar-refractivity contribution is 1.46. The molecule has 0 aliphatic carbocycles. The minimum Gasteiger partial charge on any atom is -0.388 e. The molecular weight excluding hydrogens is 274 g/mol. The highest BCUT2D eigenvalue weighted by atomic mass is 14.9. The molecule has 0 amide bonds. The number of benzene rings is 2. The van der Waals surface area contributed by atoms with E-state index < -0.39 is 0 Å². The summed E-state index contributed by atoms with van der Waals surface area (Å²) in [5, 5.41) is 24.3. The van der Waals surface area contributed by atoms with E-state index in [1.54, 1.807) is 12.3 Å². The molecule has 0 spiro atoms. The molecule has 5 nitrogen and oxygen atoms in total. The van der Waals surface area contributed by atoms with Gasteiger partial charge in [0.15, 0.2) is 0 Å². The Morgan fingerprint density at radius 1 is 1.00 bits per heavy atom. The molecule has 0 heterocycles. The quantitative estimate of drug-likeness (QED) is 0.415. The van der Waals surface area contributed by atoms with Gasteiger partial charge in [0.25, 0.3) is 0 Å². The zero-order valence-electron chi connectivity index (χ0n) is 12.4. The first-order valence-corrected chi connectivity index (χ1v) is 6.88. The summed E-state index contributed by atoms with van der Waals surface area (Å²) in [7, 11) is 1.87. The van der Waals surface area contributed by atoms with Crippen LogP contribution in [0.25, 0.3) is 0 Å². The molecule has 2 rings (SSSR count). The summed E-state index contributed by atoms with van der Waals surface area (Å²) in [6.45, 7) is 0. The zero-order valence-corrected chi connectivity index (χ0v) is 12.4. The van der Waals surface area contributed by atoms with Gasteiger partial charge in [-0.1, -0.05) is 18.2 Å². The van der Waals surface area contributed by atoms with Crippen molar-refractivity contribution in [1.82, 2.24) is 0 Å². The zero-order chi connectivity index (χ0) is 15.8. The first kappa shape index (κ1) is 15.3. The lowest BCUT2D eigenvalue weighted by Gasteiger charge is -2.06. The Kier molecular flexibility index (Phi) is 5.31. The van der Waals surface area contributed by atoms with E-state index in [9.17, 15) is 0 Å². The van der Waals surface area contributed by atoms with Crippen molar-refractivity contribution in [2.45, 2.75) is 0 Å². The van der Waals surface area contributed by atoms with E-state index in [0.29, 0.717) is 0 Å². The van der Waals surface area contributed by atoms with Crippen LogP contribution < -0.4 is 16.0 Å². The third kappa shape index (κ3) is 4.49. The lowest BCUT2D eigenvalue weighted by atomic mass is 10.2. The smallest absolute Gasteiger partial charge is 0.123 e. The van der Waals surface area contributed by atoms with E-state index >= 15 is 0 Å². The lowest BCUT2D eigenvalue weighted by Crippen LogP contribution is -2.07. The average Bonchev–Trinajstić information content (AvgIpc) is 2.55. The summed E-state index contributed by atoms with van der Waals surface area (Å²) in [5.74, 6) is 0.263. The maximum Gasteiger partial charge on any atom is 0.123 e. The summed E-state index contributed by atoms with van der Waals surface area (Å²) in [6.07, 6.45) is 4.63. The van der Waals surface area contributed by atoms with Crippen molar-refractivity contribution >= 4 is 29.1 Å². The molecule has 0 aliphatic heterocycles. The molecule has 22 heavy (non-hydrogen) atoms. The van der Waals surface area contributed by atoms with Gasteiger partial charge in [-0.25, -0.2) is 0 Å². The van der Waals surface area contributed by atoms with Crippen LogP contribution in [0.5, 0.6) is 0 Å². The normalized spacial score (nSPS) is 10.2. The van der Waals surface area contributed by atoms with Crippen molar-refractivity contribution in [3.63, 3.8) is 0 Å². The molecule has 112 valence electrons. The van der Waals surface area contributed by atoms with Crippen molar-refractivity contribution in [2.24, 2.45) is 0 Å². The van der Waals surface area contributed by atoms with Gasteiger partial charge in [-0.05, 0) is 42.0 Å². The number of rotatable bonds is 6. The monoisotopic (exact) mass is 293 g/mol. The van der Waals surface area contributed by atoms with Gasteiger partial charge in [-0.2, -0.15) is 0 Å². The average molecular weight is 293 g/mol. The summed E-state index contributed by atoms with van der Waals surface area (Å²) in [6, 6.07) is 15.2. The van der Waals surface area contributed by atoms with Gasteiger partial charge >= 0.3 is 0 Å². The highest BCUT2D eigenvalue weighted by Gasteiger charge is 1.96. The van der Waals surface area contributed by atoms with Crippen LogP contribution in [0.4, 0.5) is 17.1 Å². The minimum atomic E-state index is 0.263. The van der Waals surface area contributed by atoms with Crippen molar-refractivity contribution in [2.75, 3.05) is 23.0 Å². The Bertz CT molecular complexity index is 691. The van der Waals surface area contributed by atoms with Gasteiger partial charge in [0, 0.05) is 36.5 Å². The molecule has 0 fully saturated rings. The molecule has 5 N–H and O–H groups in total. The second-order valence-electron chi connectivity index (χ2n) is 4.62. The van der Waals surface area contributed by atoms with Crippen molar-refractivity contribution in [3.05, 3.63) is 66.4 Å². The van der Waals surface area contributed by atoms with Crippen molar-refractivity contribution in [1.29, 1.82) is 10.8 Å². The highest BCUT2D eigenvalue weighted by molar-refractivity contribution is 6.02. The Labute approximate surface area is 130 Å². The van der Waals surface area contributed by atoms with Crippen LogP contribution in [0.1, 0.15) is 5.56 Å². The molecule has 0 aromatic heterocycles. The van der Waals surface area contributed by atoms with Crippen LogP contribution in [0, 0.1) is 10.8 Å². The van der Waals surface area contributed by atoms with Gasteiger partial charge in [0.1, 0.15) is 5.84 Å². The number of amidine groups is 1. The van der Waals surface area contributed by atoms with Gasteiger partial charge in [-0.3, -0.25) is 5.41 Å². The van der Waals surface area contributed by atoms with Crippen LogP contribution >= 0.6 is 0 Å². The maximum absolute atomic E-state index is 7.89. The van der Waals surface area contributed by atoms with Gasteiger partial charge in [0.05, 0.1) is 0 Å². The van der Waals surface area contributed by atoms with Gasteiger partial charge in [-0.15, -0.1) is 0 Å². The summed E-state index contributed by atoms with van der Waals surface area (Å²) in [4.78, 5) is 0. The molecule has 0 saturated carbocycles. The Hall–Kier alpha value is -3.08. The van der Waals surface area contributed by atoms with E-state index in [-0.39, 0.29) is 5.84 Å². The fourth-order valence-electron chi connectivity index (χ4n) is 1.89. The standard InChI is InChI=1S/C17H19N5/c1-20-14-5-3-6-15(11-14)21-9-8-17(19)22-16-7-2-4-13(10-16)12-18/h2-12,18,20-21H,1H3,(H2,19,22)/b9-8-,18-12?. The van der Waals surface area contributed by atoms with Crippen LogP contribution in [-0.4, -0.2) is 19.1 Å². The minimum absolute atomic E-state index is 0.263. The van der Waals surface area contributed by atoms with E-state index in [2.05, 4.69) is 16.0 Å². The second-order valence-corrected chi connectivity index (χ2v) is 4.62. The predicted molar refractivity (Wildman–Crippen MR) is 94.4 cm³/mol. The van der Waals surface area contributed by atoms with Crippen LogP contribution in [-0.2, 0) is 0 Å². The molecule has 0 bridgehead atoms. The fourth-order valence-corrected chi connectivity index (χ4v) is 1.89. The molecule has 2 aromatic carbocycles. The highest BCUT2D eigenvalue weighted by Crippen LogP contribution is 2.14. The van der Waals surface area contributed by atoms with Crippen molar-refractivity contribution in [3.8, 4) is 0 Å². The van der Waals surface area contributed by atoms with E-state index in [4.69, 9.17) is 10.8 Å². The van der Waals surface area contributed by atoms with Crippen molar-refractivity contribution < 1.29 is 0 Å². The Morgan fingerprint density at radius 3 is 2.50 bits per heavy atom. The Morgan fingerprint density at radius 2 is 1.73 bits per heavy atom. The molecule has 0 unspecified atom stereocenters. The fraction of sp³-hybridized carbons (Fsp3) is 0.0588. The molecular formula is C17H19N5. The SMILES string of the molecule is CNc1cccc(N/C=C\C(=N)Nc2cccc(C=N)c2)c1. The maximum atomic E-state index is 7.89. The third-order valence-electron chi connectivity index (χ3n) is 2.98. The second kappa shape index (κ2) is 7.64. The predicted octanol–water partition coefficient (Wildman–Crippen LogP) is 3.74. The molecule has 0 atom stereocenters. The number of anilines is 3. The largest absolute Gasteiger partial charge is 0.388 e. The Balaban J connectivity index is 1.92. The van der Waals surface area contributed by atoms with E-state index in [0.717, 1.165) is 22.6 Å². The van der Waals surface area contributed by atoms with Crippen LogP contribution in [0.2, 0.25) is 0 Å². The molecule has 0 saturated heterocycles. The number of nitrogens with one attached hydrogen (secondary N) is 5. The van der Waals surface area contributed by atoms with E-state index in [1.165, 1.54) is 6.21 Å². The van der Waals surface area contributed by atoms with Crippen LogP contribution in [0.3, 0.4) is 0 Å². The molecule has 0 radical (unpaired) electrons. The molecule has 2 aromatic rings. The summed E-state index contributed by atoms with van der Waals surface area (Å²) >= 11 is 0. The molecule has 5 heteroatoms. The van der Waals surface area contributed by atoms with Gasteiger partial charge < -0.3 is 21.4 Å². The third-order valence-corrected chi connectivity index (χ3v) is 2.98. The summed E-state index contributed by atoms with van der Waals surface area (Å²) in [5.41, 5.74) is 3.55. The van der Waals surface area contributed by atoms with E-state index in [1.807, 2.05) is 55.6 Å². The number of hydrogen-bond donors (Lipinski definition) is 5. The molecule has 0 aliphatic rings. The first-order chi connectivity index (χ1) is 10.7. The topological polar surface area (TPSA) is 83.8 Å².